The van der Waals surface area contributed by atoms with Crippen LogP contribution < -0.4 is 0 Å². The smallest absolute Gasteiger partial charge is 0.130 e. The first-order valence-electron chi connectivity index (χ1n) is 3.86. The fourth-order valence-electron chi connectivity index (χ4n) is 0.841. The lowest BCUT2D eigenvalue weighted by atomic mass is 10.1. The van der Waals surface area contributed by atoms with Crippen LogP contribution in [0.25, 0.3) is 0 Å². The molecule has 64 valence electrons. The first kappa shape index (κ1) is 10.2. The van der Waals surface area contributed by atoms with Crippen LogP contribution in [0, 0.1) is 5.92 Å². The Hall–Kier alpha value is -0.790. The number of ketones is 1. The van der Waals surface area contributed by atoms with Crippen molar-refractivity contribution in [3.8, 4) is 0 Å². The van der Waals surface area contributed by atoms with Crippen LogP contribution in [-0.2, 0) is 4.79 Å². The number of nitrogens with zero attached hydrogens (tertiary/aromatic N) is 1. The maximum Gasteiger partial charge on any atom is 0.130 e. The van der Waals surface area contributed by atoms with Crippen LogP contribution in [0.3, 0.4) is 0 Å². The molecule has 0 amide bonds. The Morgan fingerprint density at radius 2 is 2.09 bits per heavy atom. The van der Waals surface area contributed by atoms with Crippen molar-refractivity contribution < 1.29 is 4.79 Å². The molecule has 0 radical (unpaired) electrons. The molecule has 0 aromatic carbocycles. The Morgan fingerprint density at radius 3 is 2.45 bits per heavy atom. The molecule has 0 bridgehead atoms. The minimum atomic E-state index is 0.251. The number of allylic oxidation sites excluding steroid dienone is 1. The standard InChI is InChI=1S/C9H17NO/c1-8(7-9(2)11)5-6-10(3)4/h5-6,8H,7H2,1-4H3/b6-5-. The van der Waals surface area contributed by atoms with Gasteiger partial charge < -0.3 is 9.69 Å². The van der Waals surface area contributed by atoms with E-state index in [1.165, 1.54) is 0 Å². The van der Waals surface area contributed by atoms with Gasteiger partial charge in [-0.05, 0) is 19.0 Å². The molecule has 0 aromatic heterocycles. The second-order valence-corrected chi connectivity index (χ2v) is 3.19. The summed E-state index contributed by atoms with van der Waals surface area (Å²) in [4.78, 5) is 12.6. The van der Waals surface area contributed by atoms with Gasteiger partial charge in [-0.15, -0.1) is 0 Å². The highest BCUT2D eigenvalue weighted by Gasteiger charge is 1.99. The van der Waals surface area contributed by atoms with Crippen molar-refractivity contribution in [3.63, 3.8) is 0 Å². The Bertz CT molecular complexity index is 150. The molecule has 2 nitrogen and oxygen atoms in total. The van der Waals surface area contributed by atoms with Crippen LogP contribution in [0.4, 0.5) is 0 Å². The lowest BCUT2D eigenvalue weighted by Crippen LogP contribution is -2.03. The molecule has 0 saturated carbocycles. The van der Waals surface area contributed by atoms with E-state index < -0.39 is 0 Å². The molecule has 1 unspecified atom stereocenters. The van der Waals surface area contributed by atoms with Crippen molar-refractivity contribution in [2.45, 2.75) is 20.3 Å². The van der Waals surface area contributed by atoms with E-state index in [0.717, 1.165) is 0 Å². The summed E-state index contributed by atoms with van der Waals surface area (Å²) in [7, 11) is 3.94. The normalized spacial score (nSPS) is 13.5. The summed E-state index contributed by atoms with van der Waals surface area (Å²) < 4.78 is 0. The minimum Gasteiger partial charge on any atom is -0.384 e. The number of carbonyl (C=O) groups is 1. The molecule has 0 aromatic rings. The van der Waals surface area contributed by atoms with Crippen molar-refractivity contribution in [2.24, 2.45) is 5.92 Å². The highest BCUT2D eigenvalue weighted by molar-refractivity contribution is 5.75. The van der Waals surface area contributed by atoms with Crippen molar-refractivity contribution in [3.05, 3.63) is 12.3 Å². The van der Waals surface area contributed by atoms with Gasteiger partial charge in [0.15, 0.2) is 0 Å². The van der Waals surface area contributed by atoms with Crippen LogP contribution in [-0.4, -0.2) is 24.8 Å². The average Bonchev–Trinajstić information content (AvgIpc) is 1.82. The number of hydrogen-bond acceptors (Lipinski definition) is 2. The van der Waals surface area contributed by atoms with Gasteiger partial charge >= 0.3 is 0 Å². The van der Waals surface area contributed by atoms with E-state index in [-0.39, 0.29) is 5.78 Å². The molecular weight excluding hydrogens is 138 g/mol. The summed E-state index contributed by atoms with van der Waals surface area (Å²) in [5.41, 5.74) is 0. The van der Waals surface area contributed by atoms with E-state index in [4.69, 9.17) is 0 Å². The summed E-state index contributed by atoms with van der Waals surface area (Å²) in [6.45, 7) is 3.67. The Labute approximate surface area is 68.9 Å². The van der Waals surface area contributed by atoms with Gasteiger partial charge in [0, 0.05) is 20.5 Å². The summed E-state index contributed by atoms with van der Waals surface area (Å²) in [6.07, 6.45) is 4.67. The molecule has 0 aliphatic heterocycles. The zero-order valence-electron chi connectivity index (χ0n) is 7.79. The van der Waals surface area contributed by atoms with E-state index in [2.05, 4.69) is 0 Å². The van der Waals surface area contributed by atoms with Gasteiger partial charge in [0.05, 0.1) is 0 Å². The lowest BCUT2D eigenvalue weighted by Gasteiger charge is -2.06. The van der Waals surface area contributed by atoms with Crippen molar-refractivity contribution >= 4 is 5.78 Å². The van der Waals surface area contributed by atoms with Crippen LogP contribution in [0.1, 0.15) is 20.3 Å². The lowest BCUT2D eigenvalue weighted by molar-refractivity contribution is -0.117. The Morgan fingerprint density at radius 1 is 1.55 bits per heavy atom. The molecule has 0 fully saturated rings. The number of carbonyl (C=O) groups excluding carboxylic acids is 1. The summed E-state index contributed by atoms with van der Waals surface area (Å²) in [6, 6.07) is 0. The summed E-state index contributed by atoms with van der Waals surface area (Å²) in [5.74, 6) is 0.607. The van der Waals surface area contributed by atoms with Gasteiger partial charge in [0.1, 0.15) is 5.78 Å². The van der Waals surface area contributed by atoms with Crippen LogP contribution in [0.15, 0.2) is 12.3 Å². The molecular formula is C9H17NO. The second-order valence-electron chi connectivity index (χ2n) is 3.19. The van der Waals surface area contributed by atoms with Gasteiger partial charge in [-0.3, -0.25) is 0 Å². The molecule has 0 aliphatic rings. The Balaban J connectivity index is 3.68. The fraction of sp³-hybridized carbons (Fsp3) is 0.667. The predicted octanol–water partition coefficient (Wildman–Crippen LogP) is 1.68. The van der Waals surface area contributed by atoms with E-state index >= 15 is 0 Å². The van der Waals surface area contributed by atoms with E-state index in [1.807, 2.05) is 38.2 Å². The van der Waals surface area contributed by atoms with Crippen LogP contribution in [0.2, 0.25) is 0 Å². The zero-order valence-corrected chi connectivity index (χ0v) is 7.79. The van der Waals surface area contributed by atoms with E-state index in [1.54, 1.807) is 6.92 Å². The van der Waals surface area contributed by atoms with Crippen molar-refractivity contribution in [1.29, 1.82) is 0 Å². The fourth-order valence-corrected chi connectivity index (χ4v) is 0.841. The maximum absolute atomic E-state index is 10.7. The number of Topliss-reactive ketones (excluding diaryl/α,β-unsaturated/α-hetero) is 1. The predicted molar refractivity (Wildman–Crippen MR) is 47.3 cm³/mol. The topological polar surface area (TPSA) is 20.3 Å². The number of rotatable bonds is 4. The molecule has 0 spiro atoms. The molecule has 0 heterocycles. The molecule has 11 heavy (non-hydrogen) atoms. The highest BCUT2D eigenvalue weighted by atomic mass is 16.1. The van der Waals surface area contributed by atoms with E-state index in [9.17, 15) is 4.79 Å². The number of hydrogen-bond donors (Lipinski definition) is 0. The quantitative estimate of drug-likeness (QED) is 0.615. The average molecular weight is 155 g/mol. The van der Waals surface area contributed by atoms with Crippen LogP contribution in [0.5, 0.6) is 0 Å². The molecule has 2 heteroatoms. The first-order valence-corrected chi connectivity index (χ1v) is 3.86. The molecule has 0 saturated heterocycles. The van der Waals surface area contributed by atoms with Gasteiger partial charge in [-0.1, -0.05) is 13.0 Å². The third-order valence-electron chi connectivity index (χ3n) is 1.32. The van der Waals surface area contributed by atoms with Crippen molar-refractivity contribution in [1.82, 2.24) is 4.90 Å². The first-order chi connectivity index (χ1) is 5.02. The van der Waals surface area contributed by atoms with E-state index in [0.29, 0.717) is 12.3 Å². The van der Waals surface area contributed by atoms with Gasteiger partial charge in [0.25, 0.3) is 0 Å². The molecule has 0 rings (SSSR count). The van der Waals surface area contributed by atoms with Crippen molar-refractivity contribution in [2.75, 3.05) is 14.1 Å². The highest BCUT2D eigenvalue weighted by Crippen LogP contribution is 2.03. The maximum atomic E-state index is 10.7. The molecule has 0 aliphatic carbocycles. The van der Waals surface area contributed by atoms with Gasteiger partial charge in [-0.2, -0.15) is 0 Å². The zero-order chi connectivity index (χ0) is 8.85. The second kappa shape index (κ2) is 4.94. The van der Waals surface area contributed by atoms with Crippen LogP contribution >= 0.6 is 0 Å². The molecule has 0 N–H and O–H groups in total. The summed E-state index contributed by atoms with van der Waals surface area (Å²) >= 11 is 0. The monoisotopic (exact) mass is 155 g/mol. The molecule has 1 atom stereocenters. The summed E-state index contributed by atoms with van der Waals surface area (Å²) in [5, 5.41) is 0. The largest absolute Gasteiger partial charge is 0.384 e. The van der Waals surface area contributed by atoms with Gasteiger partial charge in [-0.25, -0.2) is 0 Å². The SMILES string of the molecule is CC(=O)CC(C)/C=C\N(C)C. The Kier molecular flexibility index (Phi) is 4.59. The third-order valence-corrected chi connectivity index (χ3v) is 1.32. The van der Waals surface area contributed by atoms with Gasteiger partial charge in [0.2, 0.25) is 0 Å². The minimum absolute atomic E-state index is 0.251. The third kappa shape index (κ3) is 7.10.